The number of rotatable bonds is 8. The van der Waals surface area contributed by atoms with E-state index in [2.05, 4.69) is 20.3 Å². The second-order valence-corrected chi connectivity index (χ2v) is 9.63. The van der Waals surface area contributed by atoms with E-state index in [1.807, 2.05) is 58.0 Å². The predicted octanol–water partition coefficient (Wildman–Crippen LogP) is 3.43. The molecule has 172 valence electrons. The van der Waals surface area contributed by atoms with E-state index >= 15 is 0 Å². The Morgan fingerprint density at radius 1 is 1.03 bits per heavy atom. The first-order valence-corrected chi connectivity index (χ1v) is 11.3. The maximum Gasteiger partial charge on any atom is 0.241 e. The van der Waals surface area contributed by atoms with Crippen molar-refractivity contribution in [2.24, 2.45) is 4.99 Å². The van der Waals surface area contributed by atoms with Crippen LogP contribution in [0.3, 0.4) is 0 Å². The molecule has 0 fully saturated rings. The van der Waals surface area contributed by atoms with Crippen molar-refractivity contribution < 1.29 is 13.2 Å². The van der Waals surface area contributed by atoms with E-state index in [-0.39, 0.29) is 28.9 Å². The van der Waals surface area contributed by atoms with Gasteiger partial charge in [0.2, 0.25) is 10.0 Å². The molecule has 0 heterocycles. The lowest BCUT2D eigenvalue weighted by atomic mass is 10.1. The Labute approximate surface area is 203 Å². The minimum atomic E-state index is -3.63. The van der Waals surface area contributed by atoms with Gasteiger partial charge in [-0.25, -0.2) is 13.1 Å². The molecule has 0 saturated carbocycles. The molecule has 0 aliphatic rings. The Balaban J connectivity index is 0.00000480. The van der Waals surface area contributed by atoms with Crippen LogP contribution in [0.15, 0.2) is 58.4 Å². The molecule has 0 unspecified atom stereocenters. The van der Waals surface area contributed by atoms with Crippen LogP contribution in [-0.4, -0.2) is 40.1 Å². The van der Waals surface area contributed by atoms with Crippen LogP contribution in [0.4, 0.5) is 0 Å². The van der Waals surface area contributed by atoms with Crippen molar-refractivity contribution in [1.29, 1.82) is 0 Å². The summed E-state index contributed by atoms with van der Waals surface area (Å²) in [6.45, 7) is 8.83. The van der Waals surface area contributed by atoms with Gasteiger partial charge < -0.3 is 15.4 Å². The van der Waals surface area contributed by atoms with Crippen molar-refractivity contribution in [3.8, 4) is 5.75 Å². The van der Waals surface area contributed by atoms with E-state index in [1.54, 1.807) is 25.2 Å². The summed E-state index contributed by atoms with van der Waals surface area (Å²) in [6.07, 6.45) is 0. The number of halogens is 1. The van der Waals surface area contributed by atoms with E-state index in [1.165, 1.54) is 5.56 Å². The first kappa shape index (κ1) is 27.2. The van der Waals surface area contributed by atoms with Gasteiger partial charge in [-0.2, -0.15) is 0 Å². The summed E-state index contributed by atoms with van der Waals surface area (Å²) in [4.78, 5) is 4.44. The standard InChI is InChI=1S/C22H32N4O3S.HI/c1-17-10-12-19(13-11-17)29-15-14-24-21(23-5)25-16-18-8-6-7-9-20(18)30(27,28)26-22(2,3)4;/h6-13,26H,14-16H2,1-5H3,(H2,23,24,25);1H. The molecule has 0 atom stereocenters. The normalized spacial score (nSPS) is 12.1. The molecule has 0 aromatic heterocycles. The predicted molar refractivity (Wildman–Crippen MR) is 137 cm³/mol. The average Bonchev–Trinajstić information content (AvgIpc) is 2.67. The molecule has 7 nitrogen and oxygen atoms in total. The van der Waals surface area contributed by atoms with Crippen LogP contribution in [-0.2, 0) is 16.6 Å². The van der Waals surface area contributed by atoms with Crippen molar-refractivity contribution in [3.05, 3.63) is 59.7 Å². The Kier molecular flexibility index (Phi) is 10.7. The number of aliphatic imine (C=N–C) groups is 1. The van der Waals surface area contributed by atoms with Crippen molar-refractivity contribution >= 4 is 40.0 Å². The fraction of sp³-hybridized carbons (Fsp3) is 0.409. The van der Waals surface area contributed by atoms with Gasteiger partial charge in [0.1, 0.15) is 12.4 Å². The molecular formula is C22H33IN4O3S. The molecule has 2 aromatic carbocycles. The zero-order valence-electron chi connectivity index (χ0n) is 18.7. The third kappa shape index (κ3) is 9.44. The summed E-state index contributed by atoms with van der Waals surface area (Å²) in [7, 11) is -1.96. The topological polar surface area (TPSA) is 91.8 Å². The van der Waals surface area contributed by atoms with E-state index < -0.39 is 15.6 Å². The van der Waals surface area contributed by atoms with Gasteiger partial charge in [0.15, 0.2) is 5.96 Å². The molecule has 0 bridgehead atoms. The van der Waals surface area contributed by atoms with Gasteiger partial charge in [-0.05, 0) is 51.5 Å². The van der Waals surface area contributed by atoms with Gasteiger partial charge in [-0.15, -0.1) is 24.0 Å². The summed E-state index contributed by atoms with van der Waals surface area (Å²) >= 11 is 0. The smallest absolute Gasteiger partial charge is 0.241 e. The van der Waals surface area contributed by atoms with Crippen molar-refractivity contribution in [2.75, 3.05) is 20.2 Å². The number of nitrogens with one attached hydrogen (secondary N) is 3. The van der Waals surface area contributed by atoms with Crippen LogP contribution in [0, 0.1) is 6.92 Å². The quantitative estimate of drug-likeness (QED) is 0.199. The van der Waals surface area contributed by atoms with E-state index in [0.29, 0.717) is 31.2 Å². The molecule has 0 saturated heterocycles. The van der Waals surface area contributed by atoms with Crippen LogP contribution in [0.25, 0.3) is 0 Å². The highest BCUT2D eigenvalue weighted by Crippen LogP contribution is 2.17. The van der Waals surface area contributed by atoms with Crippen LogP contribution >= 0.6 is 24.0 Å². The summed E-state index contributed by atoms with van der Waals surface area (Å²) in [5.74, 6) is 1.38. The Morgan fingerprint density at radius 3 is 2.29 bits per heavy atom. The maximum atomic E-state index is 12.7. The van der Waals surface area contributed by atoms with Gasteiger partial charge in [0.05, 0.1) is 11.4 Å². The number of guanidine groups is 1. The third-order valence-electron chi connectivity index (χ3n) is 4.06. The lowest BCUT2D eigenvalue weighted by Crippen LogP contribution is -2.41. The molecule has 0 aliphatic heterocycles. The number of hydrogen-bond acceptors (Lipinski definition) is 4. The fourth-order valence-electron chi connectivity index (χ4n) is 2.74. The first-order valence-electron chi connectivity index (χ1n) is 9.86. The highest BCUT2D eigenvalue weighted by Gasteiger charge is 2.24. The SMILES string of the molecule is CN=C(NCCOc1ccc(C)cc1)NCc1ccccc1S(=O)(=O)NC(C)(C)C.I. The second kappa shape index (κ2) is 12.3. The monoisotopic (exact) mass is 560 g/mol. The molecule has 0 spiro atoms. The molecule has 2 aromatic rings. The highest BCUT2D eigenvalue weighted by atomic mass is 127. The Morgan fingerprint density at radius 2 is 1.68 bits per heavy atom. The average molecular weight is 561 g/mol. The number of nitrogens with zero attached hydrogens (tertiary/aromatic N) is 1. The largest absolute Gasteiger partial charge is 0.492 e. The molecule has 0 radical (unpaired) electrons. The number of benzene rings is 2. The van der Waals surface area contributed by atoms with Crippen LogP contribution in [0.2, 0.25) is 0 Å². The number of ether oxygens (including phenoxy) is 1. The first-order chi connectivity index (χ1) is 14.1. The highest BCUT2D eigenvalue weighted by molar-refractivity contribution is 14.0. The molecule has 3 N–H and O–H groups in total. The van der Waals surface area contributed by atoms with Crippen LogP contribution < -0.4 is 20.1 Å². The number of aryl methyl sites for hydroxylation is 1. The summed E-state index contributed by atoms with van der Waals surface area (Å²) in [5.41, 5.74) is 1.28. The number of hydrogen-bond donors (Lipinski definition) is 3. The third-order valence-corrected chi connectivity index (χ3v) is 5.92. The van der Waals surface area contributed by atoms with Crippen LogP contribution in [0.1, 0.15) is 31.9 Å². The van der Waals surface area contributed by atoms with Crippen molar-refractivity contribution in [2.45, 2.75) is 44.7 Å². The summed E-state index contributed by atoms with van der Waals surface area (Å²) < 4.78 is 33.9. The molecule has 31 heavy (non-hydrogen) atoms. The van der Waals surface area contributed by atoms with Gasteiger partial charge in [-0.1, -0.05) is 35.9 Å². The summed E-state index contributed by atoms with van der Waals surface area (Å²) in [5, 5.41) is 6.32. The zero-order chi connectivity index (χ0) is 22.2. The fourth-order valence-corrected chi connectivity index (χ4v) is 4.40. The Bertz CT molecular complexity index is 955. The van der Waals surface area contributed by atoms with Gasteiger partial charge in [0.25, 0.3) is 0 Å². The van der Waals surface area contributed by atoms with Gasteiger partial charge in [0, 0.05) is 19.1 Å². The van der Waals surface area contributed by atoms with Crippen molar-refractivity contribution in [1.82, 2.24) is 15.4 Å². The minimum absolute atomic E-state index is 0. The lowest BCUT2D eigenvalue weighted by Gasteiger charge is -2.22. The molecule has 9 heteroatoms. The molecule has 2 rings (SSSR count). The molecular weight excluding hydrogens is 527 g/mol. The Hall–Kier alpha value is -1.85. The minimum Gasteiger partial charge on any atom is -0.492 e. The lowest BCUT2D eigenvalue weighted by molar-refractivity contribution is 0.322. The summed E-state index contributed by atoms with van der Waals surface area (Å²) in [6, 6.07) is 14.8. The number of sulfonamides is 1. The molecule has 0 amide bonds. The zero-order valence-corrected chi connectivity index (χ0v) is 21.9. The van der Waals surface area contributed by atoms with Gasteiger partial charge in [-0.3, -0.25) is 4.99 Å². The van der Waals surface area contributed by atoms with Crippen LogP contribution in [0.5, 0.6) is 5.75 Å². The molecule has 0 aliphatic carbocycles. The van der Waals surface area contributed by atoms with E-state index in [4.69, 9.17) is 4.74 Å². The van der Waals surface area contributed by atoms with Crippen molar-refractivity contribution in [3.63, 3.8) is 0 Å². The second-order valence-electron chi connectivity index (χ2n) is 7.98. The van der Waals surface area contributed by atoms with E-state index in [0.717, 1.165) is 5.75 Å². The maximum absolute atomic E-state index is 12.7. The van der Waals surface area contributed by atoms with Gasteiger partial charge >= 0.3 is 0 Å². The van der Waals surface area contributed by atoms with E-state index in [9.17, 15) is 8.42 Å².